The molecule has 0 saturated carbocycles. The minimum absolute atomic E-state index is 0.400. The molecule has 2 aliphatic rings. The van der Waals surface area contributed by atoms with E-state index in [2.05, 4.69) is 31.0 Å². The first-order chi connectivity index (χ1) is 11.3. The molecule has 0 spiro atoms. The third-order valence-corrected chi connectivity index (χ3v) is 6.89. The average molecular weight is 359 g/mol. The summed E-state index contributed by atoms with van der Waals surface area (Å²) >= 11 is 0. The molecule has 24 heavy (non-hydrogen) atoms. The molecular formula is C17H34N4O2S. The van der Waals surface area contributed by atoms with Crippen molar-refractivity contribution in [2.24, 2.45) is 16.3 Å². The molecular weight excluding hydrogens is 324 g/mol. The minimum Gasteiger partial charge on any atom is -0.357 e. The van der Waals surface area contributed by atoms with Crippen LogP contribution in [0.4, 0.5) is 0 Å². The standard InChI is InChI=1S/C17H34N4O2S/c1-5-17(3)9-12-20(14-17)16(18-6-2)19-13-15-7-10-21(11-8-15)24(4,22)23/h15H,5-14H2,1-4H3,(H,18,19). The lowest BCUT2D eigenvalue weighted by Gasteiger charge is -2.30. The van der Waals surface area contributed by atoms with Crippen LogP contribution in [0, 0.1) is 11.3 Å². The van der Waals surface area contributed by atoms with E-state index in [1.165, 1.54) is 19.1 Å². The van der Waals surface area contributed by atoms with E-state index in [0.29, 0.717) is 24.4 Å². The van der Waals surface area contributed by atoms with Gasteiger partial charge in [-0.25, -0.2) is 12.7 Å². The van der Waals surface area contributed by atoms with Gasteiger partial charge < -0.3 is 10.2 Å². The molecule has 1 N–H and O–H groups in total. The SMILES string of the molecule is CCNC(=NCC1CCN(S(C)(=O)=O)CC1)N1CCC(C)(CC)C1. The Labute approximate surface area is 147 Å². The lowest BCUT2D eigenvalue weighted by atomic mass is 9.87. The molecule has 0 amide bonds. The van der Waals surface area contributed by atoms with E-state index in [1.54, 1.807) is 4.31 Å². The molecule has 0 aromatic rings. The quantitative estimate of drug-likeness (QED) is 0.601. The Morgan fingerprint density at radius 2 is 1.92 bits per heavy atom. The summed E-state index contributed by atoms with van der Waals surface area (Å²) in [6.07, 6.45) is 5.53. The second-order valence-corrected chi connectivity index (χ2v) is 9.62. The van der Waals surface area contributed by atoms with Crippen molar-refractivity contribution in [1.82, 2.24) is 14.5 Å². The second kappa shape index (κ2) is 8.04. The molecule has 2 rings (SSSR count). The van der Waals surface area contributed by atoms with Crippen LogP contribution in [0.5, 0.6) is 0 Å². The zero-order valence-corrected chi connectivity index (χ0v) is 16.5. The van der Waals surface area contributed by atoms with Crippen LogP contribution in [0.25, 0.3) is 0 Å². The van der Waals surface area contributed by atoms with Crippen LogP contribution < -0.4 is 5.32 Å². The molecule has 2 heterocycles. The molecule has 0 aromatic heterocycles. The molecule has 1 atom stereocenters. The summed E-state index contributed by atoms with van der Waals surface area (Å²) in [5.41, 5.74) is 0.400. The van der Waals surface area contributed by atoms with Gasteiger partial charge in [-0.3, -0.25) is 4.99 Å². The summed E-state index contributed by atoms with van der Waals surface area (Å²) in [6, 6.07) is 0. The van der Waals surface area contributed by atoms with Crippen LogP contribution in [0.3, 0.4) is 0 Å². The topological polar surface area (TPSA) is 65.0 Å². The third-order valence-electron chi connectivity index (χ3n) is 5.59. The van der Waals surface area contributed by atoms with E-state index < -0.39 is 10.0 Å². The van der Waals surface area contributed by atoms with Gasteiger partial charge in [0.05, 0.1) is 6.26 Å². The fourth-order valence-corrected chi connectivity index (χ4v) is 4.43. The fraction of sp³-hybridized carbons (Fsp3) is 0.941. The van der Waals surface area contributed by atoms with Gasteiger partial charge >= 0.3 is 0 Å². The molecule has 7 heteroatoms. The number of likely N-dealkylation sites (tertiary alicyclic amines) is 1. The molecule has 2 fully saturated rings. The van der Waals surface area contributed by atoms with E-state index in [-0.39, 0.29) is 0 Å². The van der Waals surface area contributed by atoms with Crippen molar-refractivity contribution in [3.05, 3.63) is 0 Å². The predicted molar refractivity (Wildman–Crippen MR) is 99.7 cm³/mol. The molecule has 2 saturated heterocycles. The number of piperidine rings is 1. The Kier molecular flexibility index (Phi) is 6.53. The zero-order chi connectivity index (χ0) is 17.8. The monoisotopic (exact) mass is 358 g/mol. The normalized spacial score (nSPS) is 27.7. The number of nitrogens with one attached hydrogen (secondary N) is 1. The van der Waals surface area contributed by atoms with Crippen molar-refractivity contribution in [3.63, 3.8) is 0 Å². The molecule has 2 aliphatic heterocycles. The summed E-state index contributed by atoms with van der Waals surface area (Å²) in [5, 5.41) is 3.43. The van der Waals surface area contributed by atoms with Crippen LogP contribution in [0.15, 0.2) is 4.99 Å². The largest absolute Gasteiger partial charge is 0.357 e. The van der Waals surface area contributed by atoms with E-state index >= 15 is 0 Å². The Bertz CT molecular complexity index is 541. The van der Waals surface area contributed by atoms with Gasteiger partial charge in [0.1, 0.15) is 0 Å². The molecule has 0 radical (unpaired) electrons. The first-order valence-electron chi connectivity index (χ1n) is 9.26. The maximum Gasteiger partial charge on any atom is 0.211 e. The van der Waals surface area contributed by atoms with Crippen molar-refractivity contribution in [3.8, 4) is 0 Å². The summed E-state index contributed by atoms with van der Waals surface area (Å²) in [6.45, 7) is 11.8. The lowest BCUT2D eigenvalue weighted by molar-refractivity contribution is 0.279. The number of hydrogen-bond acceptors (Lipinski definition) is 3. The molecule has 1 unspecified atom stereocenters. The highest BCUT2D eigenvalue weighted by Crippen LogP contribution is 2.33. The van der Waals surface area contributed by atoms with E-state index in [1.807, 2.05) is 0 Å². The average Bonchev–Trinajstić information content (AvgIpc) is 2.94. The van der Waals surface area contributed by atoms with E-state index in [9.17, 15) is 8.42 Å². The van der Waals surface area contributed by atoms with Gasteiger partial charge in [0, 0.05) is 39.3 Å². The number of nitrogens with zero attached hydrogens (tertiary/aromatic N) is 3. The van der Waals surface area contributed by atoms with Crippen LogP contribution in [0.1, 0.15) is 46.5 Å². The van der Waals surface area contributed by atoms with Gasteiger partial charge in [-0.15, -0.1) is 0 Å². The predicted octanol–water partition coefficient (Wildman–Crippen LogP) is 1.75. The maximum absolute atomic E-state index is 11.6. The highest BCUT2D eigenvalue weighted by molar-refractivity contribution is 7.88. The lowest BCUT2D eigenvalue weighted by Crippen LogP contribution is -2.42. The number of sulfonamides is 1. The Morgan fingerprint density at radius 3 is 2.42 bits per heavy atom. The minimum atomic E-state index is -3.04. The summed E-state index contributed by atoms with van der Waals surface area (Å²) in [7, 11) is -3.04. The second-order valence-electron chi connectivity index (χ2n) is 7.64. The number of hydrogen-bond donors (Lipinski definition) is 1. The molecule has 0 bridgehead atoms. The first kappa shape index (κ1) is 19.5. The number of aliphatic imine (C=N–C) groups is 1. The summed E-state index contributed by atoms with van der Waals surface area (Å²) < 4.78 is 24.8. The molecule has 0 aliphatic carbocycles. The Morgan fingerprint density at radius 1 is 1.25 bits per heavy atom. The van der Waals surface area contributed by atoms with Crippen molar-refractivity contribution >= 4 is 16.0 Å². The number of rotatable bonds is 5. The van der Waals surface area contributed by atoms with Crippen LogP contribution in [0.2, 0.25) is 0 Å². The van der Waals surface area contributed by atoms with E-state index in [0.717, 1.165) is 45.0 Å². The highest BCUT2D eigenvalue weighted by Gasteiger charge is 2.33. The van der Waals surface area contributed by atoms with Gasteiger partial charge in [-0.1, -0.05) is 13.8 Å². The molecule has 140 valence electrons. The van der Waals surface area contributed by atoms with Crippen molar-refractivity contribution in [2.45, 2.75) is 46.5 Å². The summed E-state index contributed by atoms with van der Waals surface area (Å²) in [4.78, 5) is 7.26. The van der Waals surface area contributed by atoms with Gasteiger partial charge in [0.15, 0.2) is 5.96 Å². The third kappa shape index (κ3) is 5.09. The van der Waals surface area contributed by atoms with Crippen LogP contribution >= 0.6 is 0 Å². The van der Waals surface area contributed by atoms with Crippen molar-refractivity contribution in [1.29, 1.82) is 0 Å². The maximum atomic E-state index is 11.6. The molecule has 0 aromatic carbocycles. The Hall–Kier alpha value is -0.820. The van der Waals surface area contributed by atoms with Gasteiger partial charge in [-0.2, -0.15) is 0 Å². The van der Waals surface area contributed by atoms with Crippen molar-refractivity contribution in [2.75, 3.05) is 45.5 Å². The number of guanidine groups is 1. The van der Waals surface area contributed by atoms with Crippen molar-refractivity contribution < 1.29 is 8.42 Å². The smallest absolute Gasteiger partial charge is 0.211 e. The first-order valence-corrected chi connectivity index (χ1v) is 11.1. The van der Waals surface area contributed by atoms with Gasteiger partial charge in [0.2, 0.25) is 10.0 Å². The van der Waals surface area contributed by atoms with Gasteiger partial charge in [-0.05, 0) is 43.9 Å². The summed E-state index contributed by atoms with van der Waals surface area (Å²) in [5.74, 6) is 1.51. The Balaban J connectivity index is 1.91. The zero-order valence-electron chi connectivity index (χ0n) is 15.7. The fourth-order valence-electron chi connectivity index (χ4n) is 3.56. The molecule has 6 nitrogen and oxygen atoms in total. The van der Waals surface area contributed by atoms with E-state index in [4.69, 9.17) is 4.99 Å². The van der Waals surface area contributed by atoms with Crippen LogP contribution in [-0.4, -0.2) is 69.1 Å². The van der Waals surface area contributed by atoms with Gasteiger partial charge in [0.25, 0.3) is 0 Å². The highest BCUT2D eigenvalue weighted by atomic mass is 32.2. The van der Waals surface area contributed by atoms with Crippen LogP contribution in [-0.2, 0) is 10.0 Å².